The molecule has 1 atom stereocenters. The van der Waals surface area contributed by atoms with Crippen LogP contribution in [0.1, 0.15) is 11.5 Å². The van der Waals surface area contributed by atoms with E-state index < -0.39 is 10.8 Å². The first-order chi connectivity index (χ1) is 11.2. The molecular weight excluding hydrogens is 310 g/mol. The van der Waals surface area contributed by atoms with Crippen LogP contribution in [0, 0.1) is 0 Å². The summed E-state index contributed by atoms with van der Waals surface area (Å²) in [6, 6.07) is 17.3. The van der Waals surface area contributed by atoms with Gasteiger partial charge in [-0.1, -0.05) is 30.3 Å². The van der Waals surface area contributed by atoms with Gasteiger partial charge in [0.1, 0.15) is 11.5 Å². The molecule has 0 N–H and O–H groups in total. The highest BCUT2D eigenvalue weighted by atomic mass is 32.2. The Morgan fingerprint density at radius 3 is 2.48 bits per heavy atom. The lowest BCUT2D eigenvalue weighted by Gasteiger charge is -2.01. The number of methoxy groups -OCH3 is 1. The molecule has 0 amide bonds. The van der Waals surface area contributed by atoms with Crippen molar-refractivity contribution in [2.75, 3.05) is 7.11 Å². The maximum atomic E-state index is 12.2. The Morgan fingerprint density at radius 1 is 1.04 bits per heavy atom. The molecule has 0 radical (unpaired) electrons. The maximum Gasteiger partial charge on any atom is 0.207 e. The molecule has 5 heteroatoms. The largest absolute Gasteiger partial charge is 0.497 e. The van der Waals surface area contributed by atoms with Crippen LogP contribution in [0.3, 0.4) is 0 Å². The fourth-order valence-corrected chi connectivity index (χ4v) is 3.29. The van der Waals surface area contributed by atoms with Gasteiger partial charge >= 0.3 is 0 Å². The third kappa shape index (κ3) is 4.07. The van der Waals surface area contributed by atoms with E-state index in [0.717, 1.165) is 16.9 Å². The van der Waals surface area contributed by atoms with E-state index in [1.165, 1.54) is 0 Å². The zero-order chi connectivity index (χ0) is 16.1. The van der Waals surface area contributed by atoms with Gasteiger partial charge in [-0.15, -0.1) is 0 Å². The van der Waals surface area contributed by atoms with Gasteiger partial charge in [0.15, 0.2) is 5.76 Å². The Bertz CT molecular complexity index is 782. The molecule has 1 aromatic heterocycles. The summed E-state index contributed by atoms with van der Waals surface area (Å²) < 4.78 is 23.0. The van der Waals surface area contributed by atoms with E-state index in [-0.39, 0.29) is 0 Å². The first-order valence-electron chi connectivity index (χ1n) is 7.22. The summed E-state index contributed by atoms with van der Waals surface area (Å²) in [4.78, 5) is 4.23. The molecule has 3 rings (SSSR count). The number of hydrogen-bond acceptors (Lipinski definition) is 4. The van der Waals surface area contributed by atoms with Crippen molar-refractivity contribution in [2.45, 2.75) is 11.5 Å². The number of aromatic nitrogens is 1. The van der Waals surface area contributed by atoms with Crippen LogP contribution in [-0.2, 0) is 22.3 Å². The minimum absolute atomic E-state index is 0.311. The van der Waals surface area contributed by atoms with Crippen molar-refractivity contribution in [3.63, 3.8) is 0 Å². The summed E-state index contributed by atoms with van der Waals surface area (Å²) in [5.74, 6) is 2.76. The van der Waals surface area contributed by atoms with Gasteiger partial charge in [-0.3, -0.25) is 4.21 Å². The highest BCUT2D eigenvalue weighted by Gasteiger charge is 2.10. The van der Waals surface area contributed by atoms with E-state index in [4.69, 9.17) is 9.15 Å². The quantitative estimate of drug-likeness (QED) is 0.691. The second kappa shape index (κ2) is 7.24. The summed E-state index contributed by atoms with van der Waals surface area (Å²) in [5, 5.41) is 0. The average Bonchev–Trinajstić information content (AvgIpc) is 3.04. The molecule has 4 nitrogen and oxygen atoms in total. The molecule has 2 aromatic carbocycles. The molecule has 0 fully saturated rings. The SMILES string of the molecule is COc1ccc(-c2cnc(CS(=O)Cc3ccccc3)o2)cc1. The van der Waals surface area contributed by atoms with Crippen molar-refractivity contribution in [2.24, 2.45) is 0 Å². The molecule has 0 spiro atoms. The first kappa shape index (κ1) is 15.5. The van der Waals surface area contributed by atoms with Crippen molar-refractivity contribution in [1.82, 2.24) is 4.98 Å². The minimum Gasteiger partial charge on any atom is -0.497 e. The second-order valence-electron chi connectivity index (χ2n) is 5.06. The third-order valence-corrected chi connectivity index (χ3v) is 4.61. The van der Waals surface area contributed by atoms with E-state index in [1.54, 1.807) is 13.3 Å². The fraction of sp³-hybridized carbons (Fsp3) is 0.167. The van der Waals surface area contributed by atoms with Crippen LogP contribution in [0.4, 0.5) is 0 Å². The van der Waals surface area contributed by atoms with Crippen LogP contribution in [0.5, 0.6) is 5.75 Å². The molecule has 23 heavy (non-hydrogen) atoms. The number of ether oxygens (including phenoxy) is 1. The van der Waals surface area contributed by atoms with Crippen molar-refractivity contribution >= 4 is 10.8 Å². The Hall–Kier alpha value is -2.40. The molecular formula is C18H17NO3S. The molecule has 0 aliphatic heterocycles. The van der Waals surface area contributed by atoms with Crippen molar-refractivity contribution in [1.29, 1.82) is 0 Å². The molecule has 3 aromatic rings. The van der Waals surface area contributed by atoms with Crippen LogP contribution in [-0.4, -0.2) is 16.3 Å². The van der Waals surface area contributed by atoms with E-state index in [1.807, 2.05) is 54.6 Å². The lowest BCUT2D eigenvalue weighted by Crippen LogP contribution is -1.99. The second-order valence-corrected chi connectivity index (χ2v) is 6.52. The zero-order valence-electron chi connectivity index (χ0n) is 12.8. The van der Waals surface area contributed by atoms with E-state index in [9.17, 15) is 4.21 Å². The molecule has 118 valence electrons. The summed E-state index contributed by atoms with van der Waals surface area (Å²) in [7, 11) is 0.582. The monoisotopic (exact) mass is 327 g/mol. The predicted octanol–water partition coefficient (Wildman–Crippen LogP) is 3.80. The summed E-state index contributed by atoms with van der Waals surface area (Å²) in [5.41, 5.74) is 1.96. The number of benzene rings is 2. The predicted molar refractivity (Wildman–Crippen MR) is 90.5 cm³/mol. The molecule has 1 heterocycles. The van der Waals surface area contributed by atoms with E-state index >= 15 is 0 Å². The Morgan fingerprint density at radius 2 is 1.78 bits per heavy atom. The van der Waals surface area contributed by atoms with Crippen LogP contribution < -0.4 is 4.74 Å². The highest BCUT2D eigenvalue weighted by molar-refractivity contribution is 7.83. The van der Waals surface area contributed by atoms with Gasteiger partial charge in [0, 0.05) is 22.1 Å². The summed E-state index contributed by atoms with van der Waals surface area (Å²) >= 11 is 0. The number of oxazole rings is 1. The van der Waals surface area contributed by atoms with Gasteiger partial charge in [0.25, 0.3) is 0 Å². The Balaban J connectivity index is 1.65. The normalized spacial score (nSPS) is 12.0. The number of rotatable bonds is 6. The molecule has 0 aliphatic rings. The maximum absolute atomic E-state index is 12.2. The highest BCUT2D eigenvalue weighted by Crippen LogP contribution is 2.23. The molecule has 0 saturated carbocycles. The van der Waals surface area contributed by atoms with Crippen LogP contribution in [0.25, 0.3) is 11.3 Å². The smallest absolute Gasteiger partial charge is 0.207 e. The van der Waals surface area contributed by atoms with Gasteiger partial charge in [0.2, 0.25) is 5.89 Å². The zero-order valence-corrected chi connectivity index (χ0v) is 13.6. The van der Waals surface area contributed by atoms with Crippen LogP contribution in [0.15, 0.2) is 65.2 Å². The lowest BCUT2D eigenvalue weighted by atomic mass is 10.2. The Labute approximate surface area is 137 Å². The van der Waals surface area contributed by atoms with Gasteiger partial charge in [-0.05, 0) is 29.8 Å². The molecule has 0 aliphatic carbocycles. The number of hydrogen-bond donors (Lipinski definition) is 0. The topological polar surface area (TPSA) is 52.3 Å². The van der Waals surface area contributed by atoms with Gasteiger partial charge in [-0.25, -0.2) is 4.98 Å². The van der Waals surface area contributed by atoms with Crippen LogP contribution in [0.2, 0.25) is 0 Å². The number of nitrogens with zero attached hydrogens (tertiary/aromatic N) is 1. The van der Waals surface area contributed by atoms with Gasteiger partial charge in [-0.2, -0.15) is 0 Å². The van der Waals surface area contributed by atoms with Crippen molar-refractivity contribution < 1.29 is 13.4 Å². The van der Waals surface area contributed by atoms with Crippen molar-refractivity contribution in [3.05, 3.63) is 72.2 Å². The molecule has 0 saturated heterocycles. The molecule has 0 bridgehead atoms. The fourth-order valence-electron chi connectivity index (χ4n) is 2.21. The lowest BCUT2D eigenvalue weighted by molar-refractivity contribution is 0.415. The molecule has 1 unspecified atom stereocenters. The minimum atomic E-state index is -1.05. The first-order valence-corrected chi connectivity index (χ1v) is 8.71. The van der Waals surface area contributed by atoms with Gasteiger partial charge < -0.3 is 9.15 Å². The van der Waals surface area contributed by atoms with Crippen LogP contribution >= 0.6 is 0 Å². The Kier molecular flexibility index (Phi) is 4.88. The average molecular weight is 327 g/mol. The van der Waals surface area contributed by atoms with Crippen molar-refractivity contribution in [3.8, 4) is 17.1 Å². The third-order valence-electron chi connectivity index (χ3n) is 3.38. The van der Waals surface area contributed by atoms with E-state index in [2.05, 4.69) is 4.98 Å². The van der Waals surface area contributed by atoms with Gasteiger partial charge in [0.05, 0.1) is 13.3 Å². The standard InChI is InChI=1S/C18H17NO3S/c1-21-16-9-7-15(8-10-16)17-11-19-18(22-17)13-23(20)12-14-5-3-2-4-6-14/h2-11H,12-13H2,1H3. The summed E-state index contributed by atoms with van der Waals surface area (Å²) in [6.45, 7) is 0. The summed E-state index contributed by atoms with van der Waals surface area (Å²) in [6.07, 6.45) is 1.66. The van der Waals surface area contributed by atoms with E-state index in [0.29, 0.717) is 23.2 Å².